The summed E-state index contributed by atoms with van der Waals surface area (Å²) in [6.45, 7) is 4.42. The maximum Gasteiger partial charge on any atom is 0.186 e. The van der Waals surface area contributed by atoms with E-state index in [-0.39, 0.29) is 5.82 Å². The molecule has 0 saturated heterocycles. The molecule has 4 heteroatoms. The normalized spacial score (nSPS) is 9.92. The zero-order valence-corrected chi connectivity index (χ0v) is 7.26. The standard InChI is InChI=1S/C8H12FN3/c1-3-6-7(9)8(10-4-2)12-5-11-6/h5H,3-4H2,1-2H3,(H,10,11,12). The SMILES string of the molecule is CCNc1ncnc(CC)c1F. The molecule has 0 aliphatic rings. The van der Waals surface area contributed by atoms with E-state index in [9.17, 15) is 4.39 Å². The third-order valence-electron chi connectivity index (χ3n) is 1.54. The zero-order chi connectivity index (χ0) is 8.97. The summed E-state index contributed by atoms with van der Waals surface area (Å²) in [6, 6.07) is 0. The molecule has 0 atom stereocenters. The van der Waals surface area contributed by atoms with Crippen molar-refractivity contribution in [1.82, 2.24) is 9.97 Å². The second-order valence-electron chi connectivity index (χ2n) is 2.37. The van der Waals surface area contributed by atoms with E-state index in [2.05, 4.69) is 15.3 Å². The van der Waals surface area contributed by atoms with Gasteiger partial charge in [0.15, 0.2) is 11.6 Å². The van der Waals surface area contributed by atoms with Crippen LogP contribution in [0.3, 0.4) is 0 Å². The number of hydrogen-bond donors (Lipinski definition) is 1. The number of nitrogens with zero attached hydrogens (tertiary/aromatic N) is 2. The molecule has 0 unspecified atom stereocenters. The van der Waals surface area contributed by atoms with Crippen LogP contribution in [0, 0.1) is 5.82 Å². The number of aromatic nitrogens is 2. The van der Waals surface area contributed by atoms with E-state index in [0.717, 1.165) is 0 Å². The largest absolute Gasteiger partial charge is 0.368 e. The predicted octanol–water partition coefficient (Wildman–Crippen LogP) is 1.61. The maximum atomic E-state index is 13.3. The molecular weight excluding hydrogens is 157 g/mol. The van der Waals surface area contributed by atoms with Gasteiger partial charge >= 0.3 is 0 Å². The van der Waals surface area contributed by atoms with E-state index >= 15 is 0 Å². The molecule has 1 aromatic rings. The van der Waals surface area contributed by atoms with Gasteiger partial charge in [-0.05, 0) is 13.3 Å². The Labute approximate surface area is 71.0 Å². The van der Waals surface area contributed by atoms with Gasteiger partial charge in [-0.1, -0.05) is 6.92 Å². The fraction of sp³-hybridized carbons (Fsp3) is 0.500. The smallest absolute Gasteiger partial charge is 0.186 e. The number of hydrogen-bond acceptors (Lipinski definition) is 3. The lowest BCUT2D eigenvalue weighted by Gasteiger charge is -2.04. The molecule has 0 bridgehead atoms. The molecule has 1 rings (SSSR count). The molecule has 0 radical (unpaired) electrons. The Kier molecular flexibility index (Phi) is 2.96. The summed E-state index contributed by atoms with van der Waals surface area (Å²) in [4.78, 5) is 7.59. The first-order valence-electron chi connectivity index (χ1n) is 4.02. The van der Waals surface area contributed by atoms with E-state index in [1.165, 1.54) is 6.33 Å². The molecule has 0 spiro atoms. The second kappa shape index (κ2) is 3.99. The summed E-state index contributed by atoms with van der Waals surface area (Å²) < 4.78 is 13.3. The summed E-state index contributed by atoms with van der Waals surface area (Å²) >= 11 is 0. The average Bonchev–Trinajstić information content (AvgIpc) is 2.09. The summed E-state index contributed by atoms with van der Waals surface area (Å²) in [5, 5.41) is 2.82. The Bertz CT molecular complexity index is 262. The van der Waals surface area contributed by atoms with Crippen molar-refractivity contribution in [3.05, 3.63) is 17.8 Å². The topological polar surface area (TPSA) is 37.8 Å². The Morgan fingerprint density at radius 2 is 2.17 bits per heavy atom. The Morgan fingerprint density at radius 3 is 2.75 bits per heavy atom. The van der Waals surface area contributed by atoms with E-state index in [1.807, 2.05) is 13.8 Å². The summed E-state index contributed by atoms with van der Waals surface area (Å²) in [5.41, 5.74) is 0.459. The van der Waals surface area contributed by atoms with Crippen LogP contribution in [0.25, 0.3) is 0 Å². The van der Waals surface area contributed by atoms with Gasteiger partial charge < -0.3 is 5.32 Å². The molecule has 12 heavy (non-hydrogen) atoms. The van der Waals surface area contributed by atoms with Crippen molar-refractivity contribution >= 4 is 5.82 Å². The van der Waals surface area contributed by atoms with Gasteiger partial charge in [-0.3, -0.25) is 0 Å². The van der Waals surface area contributed by atoms with Crippen LogP contribution in [0.15, 0.2) is 6.33 Å². The van der Waals surface area contributed by atoms with Gasteiger partial charge in [-0.15, -0.1) is 0 Å². The van der Waals surface area contributed by atoms with E-state index in [0.29, 0.717) is 24.5 Å². The molecule has 3 nitrogen and oxygen atoms in total. The van der Waals surface area contributed by atoms with Crippen molar-refractivity contribution in [2.75, 3.05) is 11.9 Å². The Balaban J connectivity index is 2.97. The molecular formula is C8H12FN3. The van der Waals surface area contributed by atoms with Crippen LogP contribution in [0.1, 0.15) is 19.5 Å². The molecule has 0 amide bonds. The lowest BCUT2D eigenvalue weighted by atomic mass is 10.3. The van der Waals surface area contributed by atoms with Crippen LogP contribution < -0.4 is 5.32 Å². The molecule has 0 fully saturated rings. The molecule has 0 saturated carbocycles. The van der Waals surface area contributed by atoms with Crippen LogP contribution in [-0.4, -0.2) is 16.5 Å². The third kappa shape index (κ3) is 1.69. The van der Waals surface area contributed by atoms with Crippen molar-refractivity contribution in [2.24, 2.45) is 0 Å². The van der Waals surface area contributed by atoms with E-state index in [1.54, 1.807) is 0 Å². The van der Waals surface area contributed by atoms with Crippen LogP contribution >= 0.6 is 0 Å². The monoisotopic (exact) mass is 169 g/mol. The quantitative estimate of drug-likeness (QED) is 0.747. The van der Waals surface area contributed by atoms with Crippen molar-refractivity contribution in [1.29, 1.82) is 0 Å². The fourth-order valence-corrected chi connectivity index (χ4v) is 0.943. The molecule has 0 aromatic carbocycles. The second-order valence-corrected chi connectivity index (χ2v) is 2.37. The first-order chi connectivity index (χ1) is 5.79. The molecule has 66 valence electrons. The van der Waals surface area contributed by atoms with Crippen molar-refractivity contribution in [3.63, 3.8) is 0 Å². The van der Waals surface area contributed by atoms with Crippen molar-refractivity contribution in [2.45, 2.75) is 20.3 Å². The third-order valence-corrected chi connectivity index (χ3v) is 1.54. The number of aryl methyl sites for hydroxylation is 1. The fourth-order valence-electron chi connectivity index (χ4n) is 0.943. The number of rotatable bonds is 3. The highest BCUT2D eigenvalue weighted by Gasteiger charge is 2.07. The first-order valence-corrected chi connectivity index (χ1v) is 4.02. The zero-order valence-electron chi connectivity index (χ0n) is 7.26. The van der Waals surface area contributed by atoms with Gasteiger partial charge in [0.1, 0.15) is 6.33 Å². The van der Waals surface area contributed by atoms with Gasteiger partial charge in [0.25, 0.3) is 0 Å². The molecule has 0 aliphatic heterocycles. The summed E-state index contributed by atoms with van der Waals surface area (Å²) in [5.74, 6) is -0.0359. The van der Waals surface area contributed by atoms with Gasteiger partial charge in [0, 0.05) is 6.54 Å². The summed E-state index contributed by atoms with van der Waals surface area (Å²) in [7, 11) is 0. The average molecular weight is 169 g/mol. The van der Waals surface area contributed by atoms with Gasteiger partial charge in [0.2, 0.25) is 0 Å². The molecule has 1 N–H and O–H groups in total. The highest BCUT2D eigenvalue weighted by atomic mass is 19.1. The lowest BCUT2D eigenvalue weighted by Crippen LogP contribution is -2.05. The number of halogens is 1. The van der Waals surface area contributed by atoms with Crippen LogP contribution in [0.2, 0.25) is 0 Å². The minimum absolute atomic E-state index is 0.296. The Hall–Kier alpha value is -1.19. The minimum Gasteiger partial charge on any atom is -0.368 e. The lowest BCUT2D eigenvalue weighted by molar-refractivity contribution is 0.597. The minimum atomic E-state index is -0.332. The van der Waals surface area contributed by atoms with Crippen molar-refractivity contribution in [3.8, 4) is 0 Å². The van der Waals surface area contributed by atoms with Gasteiger partial charge in [0.05, 0.1) is 5.69 Å². The van der Waals surface area contributed by atoms with E-state index in [4.69, 9.17) is 0 Å². The van der Waals surface area contributed by atoms with Crippen LogP contribution in [0.4, 0.5) is 10.2 Å². The molecule has 1 aromatic heterocycles. The number of anilines is 1. The number of nitrogens with one attached hydrogen (secondary N) is 1. The van der Waals surface area contributed by atoms with Crippen molar-refractivity contribution < 1.29 is 4.39 Å². The molecule has 1 heterocycles. The Morgan fingerprint density at radius 1 is 1.42 bits per heavy atom. The van der Waals surface area contributed by atoms with Gasteiger partial charge in [-0.25, -0.2) is 14.4 Å². The maximum absolute atomic E-state index is 13.3. The highest BCUT2D eigenvalue weighted by Crippen LogP contribution is 2.12. The molecule has 0 aliphatic carbocycles. The highest BCUT2D eigenvalue weighted by molar-refractivity contribution is 5.36. The predicted molar refractivity (Wildman–Crippen MR) is 45.5 cm³/mol. The van der Waals surface area contributed by atoms with Crippen LogP contribution in [-0.2, 0) is 6.42 Å². The van der Waals surface area contributed by atoms with Gasteiger partial charge in [-0.2, -0.15) is 0 Å². The van der Waals surface area contributed by atoms with Crippen LogP contribution in [0.5, 0.6) is 0 Å². The first kappa shape index (κ1) is 8.90. The summed E-state index contributed by atoms with van der Waals surface area (Å²) in [6.07, 6.45) is 1.96. The van der Waals surface area contributed by atoms with E-state index < -0.39 is 0 Å².